The van der Waals surface area contributed by atoms with Crippen LogP contribution in [0.3, 0.4) is 0 Å². The van der Waals surface area contributed by atoms with E-state index in [0.29, 0.717) is 0 Å². The van der Waals surface area contributed by atoms with Gasteiger partial charge in [0.15, 0.2) is 0 Å². The molecule has 1 amide bonds. The highest BCUT2D eigenvalue weighted by atomic mass is 16.5. The first-order valence-corrected chi connectivity index (χ1v) is 4.72. The standard InChI is InChI=1S/C11H14N2O3/c1-8(12)13-11(14)16-7-9-3-5-10(15-2)6-4-9/h3-6H,7H2,1-2H3,(H2,12,13,14). The smallest absolute Gasteiger partial charge is 0.435 e. The molecule has 0 saturated heterocycles. The summed E-state index contributed by atoms with van der Waals surface area (Å²) < 4.78 is 9.87. The van der Waals surface area contributed by atoms with Gasteiger partial charge in [0.1, 0.15) is 18.2 Å². The van der Waals surface area contributed by atoms with Crippen molar-refractivity contribution in [2.75, 3.05) is 7.11 Å². The first-order valence-electron chi connectivity index (χ1n) is 4.72. The van der Waals surface area contributed by atoms with E-state index >= 15 is 0 Å². The molecule has 0 fully saturated rings. The van der Waals surface area contributed by atoms with Crippen LogP contribution in [0.15, 0.2) is 29.3 Å². The number of benzene rings is 1. The summed E-state index contributed by atoms with van der Waals surface area (Å²) in [5.41, 5.74) is 6.09. The number of carbonyl (C=O) groups is 1. The Kier molecular flexibility index (Phi) is 4.32. The predicted molar refractivity (Wildman–Crippen MR) is 60.5 cm³/mol. The number of hydrogen-bond donors (Lipinski definition) is 1. The van der Waals surface area contributed by atoms with Crippen LogP contribution in [-0.2, 0) is 11.3 Å². The molecule has 0 atom stereocenters. The quantitative estimate of drug-likeness (QED) is 0.624. The van der Waals surface area contributed by atoms with Crippen molar-refractivity contribution in [2.24, 2.45) is 10.7 Å². The van der Waals surface area contributed by atoms with Crippen LogP contribution in [0.4, 0.5) is 4.79 Å². The number of amidine groups is 1. The van der Waals surface area contributed by atoms with Gasteiger partial charge >= 0.3 is 6.09 Å². The van der Waals surface area contributed by atoms with Crippen LogP contribution in [0.5, 0.6) is 5.75 Å². The lowest BCUT2D eigenvalue weighted by atomic mass is 10.2. The summed E-state index contributed by atoms with van der Waals surface area (Å²) in [5, 5.41) is 0. The van der Waals surface area contributed by atoms with Crippen LogP contribution >= 0.6 is 0 Å². The SMILES string of the molecule is COc1ccc(COC(=O)/N=C(/C)N)cc1. The first-order chi connectivity index (χ1) is 7.61. The van der Waals surface area contributed by atoms with Gasteiger partial charge in [-0.15, -0.1) is 0 Å². The van der Waals surface area contributed by atoms with Crippen molar-refractivity contribution in [1.29, 1.82) is 0 Å². The Morgan fingerprint density at radius 2 is 2.00 bits per heavy atom. The molecule has 0 saturated carbocycles. The predicted octanol–water partition coefficient (Wildman–Crippen LogP) is 1.71. The summed E-state index contributed by atoms with van der Waals surface area (Å²) in [6, 6.07) is 7.21. The number of methoxy groups -OCH3 is 1. The van der Waals surface area contributed by atoms with Gasteiger partial charge in [0.2, 0.25) is 0 Å². The van der Waals surface area contributed by atoms with Crippen LogP contribution in [0.2, 0.25) is 0 Å². The van der Waals surface area contributed by atoms with Crippen LogP contribution < -0.4 is 10.5 Å². The topological polar surface area (TPSA) is 73.9 Å². The first kappa shape index (κ1) is 12.0. The number of nitrogens with two attached hydrogens (primary N) is 1. The number of nitrogens with zero attached hydrogens (tertiary/aromatic N) is 1. The molecule has 0 aliphatic carbocycles. The molecule has 0 aliphatic rings. The molecule has 0 radical (unpaired) electrons. The molecule has 0 unspecified atom stereocenters. The molecular formula is C11H14N2O3. The molecule has 0 spiro atoms. The van der Waals surface area contributed by atoms with Gasteiger partial charge in [0.05, 0.1) is 7.11 Å². The monoisotopic (exact) mass is 222 g/mol. The van der Waals surface area contributed by atoms with E-state index in [1.807, 2.05) is 12.1 Å². The minimum absolute atomic E-state index is 0.166. The summed E-state index contributed by atoms with van der Waals surface area (Å²) >= 11 is 0. The van der Waals surface area contributed by atoms with Gasteiger partial charge < -0.3 is 15.2 Å². The van der Waals surface area contributed by atoms with E-state index in [4.69, 9.17) is 15.2 Å². The van der Waals surface area contributed by atoms with Crippen LogP contribution in [0.25, 0.3) is 0 Å². The number of carbonyl (C=O) groups excluding carboxylic acids is 1. The third-order valence-corrected chi connectivity index (χ3v) is 1.79. The molecule has 0 aromatic heterocycles. The van der Waals surface area contributed by atoms with Gasteiger partial charge in [-0.05, 0) is 24.6 Å². The van der Waals surface area contributed by atoms with Crippen molar-refractivity contribution in [2.45, 2.75) is 13.5 Å². The third kappa shape index (κ3) is 4.00. The van der Waals surface area contributed by atoms with Gasteiger partial charge in [-0.3, -0.25) is 0 Å². The van der Waals surface area contributed by atoms with Crippen LogP contribution in [0.1, 0.15) is 12.5 Å². The second-order valence-electron chi connectivity index (χ2n) is 3.16. The lowest BCUT2D eigenvalue weighted by Gasteiger charge is -2.03. The van der Waals surface area contributed by atoms with Crippen molar-refractivity contribution in [1.82, 2.24) is 0 Å². The fraction of sp³-hybridized carbons (Fsp3) is 0.273. The van der Waals surface area contributed by atoms with Crippen molar-refractivity contribution in [3.63, 3.8) is 0 Å². The average molecular weight is 222 g/mol. The van der Waals surface area contributed by atoms with Gasteiger partial charge in [-0.25, -0.2) is 4.79 Å². The maximum atomic E-state index is 11.0. The second kappa shape index (κ2) is 5.75. The highest BCUT2D eigenvalue weighted by molar-refractivity contribution is 5.88. The number of rotatable bonds is 3. The maximum Gasteiger partial charge on any atom is 0.435 e. The Hall–Kier alpha value is -2.04. The number of ether oxygens (including phenoxy) is 2. The Balaban J connectivity index is 2.48. The van der Waals surface area contributed by atoms with Crippen molar-refractivity contribution in [3.8, 4) is 5.75 Å². The lowest BCUT2D eigenvalue weighted by molar-refractivity contribution is 0.151. The van der Waals surface area contributed by atoms with Gasteiger partial charge in [-0.1, -0.05) is 12.1 Å². The molecule has 0 heterocycles. The highest BCUT2D eigenvalue weighted by Crippen LogP contribution is 2.11. The van der Waals surface area contributed by atoms with Crippen LogP contribution in [-0.4, -0.2) is 19.0 Å². The number of aliphatic imine (C=N–C) groups is 1. The summed E-state index contributed by atoms with van der Waals surface area (Å²) in [7, 11) is 1.59. The summed E-state index contributed by atoms with van der Waals surface area (Å²) in [5.74, 6) is 0.936. The van der Waals surface area contributed by atoms with E-state index in [9.17, 15) is 4.79 Å². The van der Waals surface area contributed by atoms with E-state index in [1.54, 1.807) is 19.2 Å². The van der Waals surface area contributed by atoms with Crippen molar-refractivity contribution >= 4 is 11.9 Å². The molecular weight excluding hydrogens is 208 g/mol. The molecule has 0 aliphatic heterocycles. The Morgan fingerprint density at radius 3 is 2.50 bits per heavy atom. The second-order valence-corrected chi connectivity index (χ2v) is 3.16. The maximum absolute atomic E-state index is 11.0. The molecule has 2 N–H and O–H groups in total. The zero-order chi connectivity index (χ0) is 12.0. The zero-order valence-corrected chi connectivity index (χ0v) is 9.27. The fourth-order valence-electron chi connectivity index (χ4n) is 1.04. The molecule has 1 rings (SSSR count). The summed E-state index contributed by atoms with van der Waals surface area (Å²) in [6.07, 6.45) is -0.684. The van der Waals surface area contributed by atoms with E-state index in [-0.39, 0.29) is 12.4 Å². The van der Waals surface area contributed by atoms with Gasteiger partial charge in [-0.2, -0.15) is 4.99 Å². The molecule has 1 aromatic carbocycles. The van der Waals surface area contributed by atoms with E-state index in [1.165, 1.54) is 6.92 Å². The van der Waals surface area contributed by atoms with Crippen molar-refractivity contribution < 1.29 is 14.3 Å². The fourth-order valence-corrected chi connectivity index (χ4v) is 1.04. The lowest BCUT2D eigenvalue weighted by Crippen LogP contribution is -2.10. The van der Waals surface area contributed by atoms with E-state index < -0.39 is 6.09 Å². The molecule has 1 aromatic rings. The molecule has 5 nitrogen and oxygen atoms in total. The minimum Gasteiger partial charge on any atom is -0.497 e. The molecule has 86 valence electrons. The van der Waals surface area contributed by atoms with Gasteiger partial charge in [0.25, 0.3) is 0 Å². The summed E-state index contributed by atoms with van der Waals surface area (Å²) in [6.45, 7) is 1.69. The zero-order valence-electron chi connectivity index (χ0n) is 9.27. The Labute approximate surface area is 93.9 Å². The third-order valence-electron chi connectivity index (χ3n) is 1.79. The minimum atomic E-state index is -0.684. The normalized spacial score (nSPS) is 11.0. The largest absolute Gasteiger partial charge is 0.497 e. The van der Waals surface area contributed by atoms with Crippen LogP contribution in [0, 0.1) is 0 Å². The molecule has 0 bridgehead atoms. The molecule has 5 heteroatoms. The molecule has 16 heavy (non-hydrogen) atoms. The highest BCUT2D eigenvalue weighted by Gasteiger charge is 2.01. The van der Waals surface area contributed by atoms with Gasteiger partial charge in [0, 0.05) is 0 Å². The summed E-state index contributed by atoms with van der Waals surface area (Å²) in [4.78, 5) is 14.5. The number of amides is 1. The van der Waals surface area contributed by atoms with E-state index in [2.05, 4.69) is 4.99 Å². The Bertz CT molecular complexity index is 381. The Morgan fingerprint density at radius 1 is 1.38 bits per heavy atom. The average Bonchev–Trinajstić information content (AvgIpc) is 2.26. The number of hydrogen-bond acceptors (Lipinski definition) is 3. The van der Waals surface area contributed by atoms with Crippen molar-refractivity contribution in [3.05, 3.63) is 29.8 Å². The van der Waals surface area contributed by atoms with E-state index in [0.717, 1.165) is 11.3 Å².